The molecule has 0 aliphatic heterocycles. The van der Waals surface area contributed by atoms with E-state index >= 15 is 0 Å². The molecule has 3 rings (SSSR count). The van der Waals surface area contributed by atoms with Crippen molar-refractivity contribution in [3.8, 4) is 17.2 Å². The first kappa shape index (κ1) is 21.9. The lowest BCUT2D eigenvalue weighted by Gasteiger charge is -2.11. The summed E-state index contributed by atoms with van der Waals surface area (Å²) in [7, 11) is 1.55. The van der Waals surface area contributed by atoms with Gasteiger partial charge in [-0.25, -0.2) is 4.98 Å². The van der Waals surface area contributed by atoms with Crippen LogP contribution < -0.4 is 15.3 Å². The minimum Gasteiger partial charge on any atom is -0.495 e. The summed E-state index contributed by atoms with van der Waals surface area (Å²) < 4.78 is 48.3. The van der Waals surface area contributed by atoms with Crippen molar-refractivity contribution in [1.82, 2.24) is 9.55 Å². The fourth-order valence-electron chi connectivity index (χ4n) is 2.86. The highest BCUT2D eigenvalue weighted by Crippen LogP contribution is 2.25. The smallest absolute Gasteiger partial charge is 0.495 e. The first-order valence-electron chi connectivity index (χ1n) is 9.11. The lowest BCUT2D eigenvalue weighted by atomic mass is 10.1. The molecule has 10 heteroatoms. The molecule has 0 unspecified atom stereocenters. The van der Waals surface area contributed by atoms with Crippen LogP contribution in [0.4, 0.5) is 13.2 Å². The van der Waals surface area contributed by atoms with Crippen molar-refractivity contribution in [2.24, 2.45) is 15.9 Å². The molecule has 0 atom stereocenters. The van der Waals surface area contributed by atoms with Crippen molar-refractivity contribution in [3.05, 3.63) is 71.8 Å². The second kappa shape index (κ2) is 9.33. The number of hydrogen-bond donors (Lipinski definition) is 1. The second-order valence-corrected chi connectivity index (χ2v) is 6.49. The first-order chi connectivity index (χ1) is 14.8. The number of alkyl halides is 3. The van der Waals surface area contributed by atoms with Gasteiger partial charge in [0.05, 0.1) is 31.4 Å². The van der Waals surface area contributed by atoms with E-state index in [0.29, 0.717) is 22.6 Å². The van der Waals surface area contributed by atoms with Gasteiger partial charge in [-0.15, -0.1) is 13.2 Å². The van der Waals surface area contributed by atoms with Crippen LogP contribution in [0, 0.1) is 6.92 Å². The van der Waals surface area contributed by atoms with E-state index in [1.54, 1.807) is 25.6 Å². The molecule has 162 valence electrons. The van der Waals surface area contributed by atoms with Crippen LogP contribution in [0.3, 0.4) is 0 Å². The van der Waals surface area contributed by atoms with E-state index in [0.717, 1.165) is 11.4 Å². The van der Waals surface area contributed by atoms with Gasteiger partial charge in [-0.2, -0.15) is 5.10 Å². The lowest BCUT2D eigenvalue weighted by Crippen LogP contribution is -2.17. The monoisotopic (exact) mass is 431 g/mol. The number of hydrogen-bond acceptors (Lipinski definition) is 6. The van der Waals surface area contributed by atoms with Crippen molar-refractivity contribution in [3.63, 3.8) is 0 Å². The Bertz CT molecular complexity index is 1110. The van der Waals surface area contributed by atoms with Gasteiger partial charge in [-0.05, 0) is 36.8 Å². The number of ether oxygens (including phenoxy) is 2. The molecule has 0 aliphatic carbocycles. The van der Waals surface area contributed by atoms with Crippen molar-refractivity contribution in [2.75, 3.05) is 7.11 Å². The van der Waals surface area contributed by atoms with Gasteiger partial charge in [0.1, 0.15) is 17.2 Å². The number of aliphatic imine (C=N–C) groups is 1. The van der Waals surface area contributed by atoms with Crippen LogP contribution >= 0.6 is 0 Å². The number of halogens is 3. The van der Waals surface area contributed by atoms with E-state index in [2.05, 4.69) is 19.8 Å². The number of nitrogens with zero attached hydrogens (tertiary/aromatic N) is 4. The Morgan fingerprint density at radius 2 is 2.03 bits per heavy atom. The van der Waals surface area contributed by atoms with E-state index in [1.165, 1.54) is 24.4 Å². The third kappa shape index (κ3) is 5.84. The molecule has 0 aliphatic rings. The number of benzene rings is 2. The number of aryl methyl sites for hydroxylation is 1. The molecular weight excluding hydrogens is 411 g/mol. The van der Waals surface area contributed by atoms with Gasteiger partial charge in [-0.3, -0.25) is 4.99 Å². The van der Waals surface area contributed by atoms with Crippen LogP contribution in [0.15, 0.2) is 65.1 Å². The molecule has 0 saturated heterocycles. The minimum absolute atomic E-state index is 0.123. The molecule has 0 fully saturated rings. The lowest BCUT2D eigenvalue weighted by molar-refractivity contribution is -0.274. The fourth-order valence-corrected chi connectivity index (χ4v) is 2.86. The third-order valence-electron chi connectivity index (χ3n) is 4.22. The highest BCUT2D eigenvalue weighted by molar-refractivity contribution is 6.38. The Kier molecular flexibility index (Phi) is 6.58. The molecule has 0 spiro atoms. The topological polar surface area (TPSA) is 87.0 Å². The summed E-state index contributed by atoms with van der Waals surface area (Å²) in [6.45, 7) is 2.01. The number of nitrogens with two attached hydrogens (primary N) is 1. The van der Waals surface area contributed by atoms with E-state index < -0.39 is 6.36 Å². The fraction of sp³-hybridized carbons (Fsp3) is 0.190. The number of hydrazone groups is 1. The summed E-state index contributed by atoms with van der Waals surface area (Å²) in [4.78, 5) is 8.45. The Morgan fingerprint density at radius 3 is 2.68 bits per heavy atom. The Hall–Kier alpha value is -3.82. The van der Waals surface area contributed by atoms with Crippen molar-refractivity contribution in [1.29, 1.82) is 0 Å². The molecular formula is C21H20F3N5O2. The molecule has 31 heavy (non-hydrogen) atoms. The summed E-state index contributed by atoms with van der Waals surface area (Å²) in [5.41, 5.74) is 3.25. The van der Waals surface area contributed by atoms with Crippen LogP contribution in [-0.4, -0.2) is 34.9 Å². The Morgan fingerprint density at radius 1 is 1.23 bits per heavy atom. The van der Waals surface area contributed by atoms with Gasteiger partial charge in [-0.1, -0.05) is 18.2 Å². The summed E-state index contributed by atoms with van der Waals surface area (Å²) >= 11 is 0. The predicted molar refractivity (Wildman–Crippen MR) is 111 cm³/mol. The second-order valence-electron chi connectivity index (χ2n) is 6.49. The Labute approximate surface area is 176 Å². The maximum absolute atomic E-state index is 12.4. The molecule has 2 N–H and O–H groups in total. The van der Waals surface area contributed by atoms with E-state index in [9.17, 15) is 13.2 Å². The average molecular weight is 431 g/mol. The molecule has 1 heterocycles. The van der Waals surface area contributed by atoms with Crippen LogP contribution in [0.1, 0.15) is 16.8 Å². The van der Waals surface area contributed by atoms with Gasteiger partial charge >= 0.3 is 6.36 Å². The SMILES string of the molecule is COc1cc(/C(C=NCc2cccc(OC(F)(F)F)c2)=N/N)ccc1-n1cnc(C)c1. The van der Waals surface area contributed by atoms with E-state index in [-0.39, 0.29) is 12.3 Å². The largest absolute Gasteiger partial charge is 0.573 e. The zero-order valence-corrected chi connectivity index (χ0v) is 16.8. The predicted octanol–water partition coefficient (Wildman–Crippen LogP) is 4.02. The van der Waals surface area contributed by atoms with Crippen molar-refractivity contribution in [2.45, 2.75) is 19.8 Å². The molecule has 1 aromatic heterocycles. The van der Waals surface area contributed by atoms with Crippen LogP contribution in [0.25, 0.3) is 5.69 Å². The standard InChI is InChI=1S/C21H20F3N5O2/c1-14-12-29(13-27-14)19-7-6-16(9-20(19)30-2)18(28-25)11-26-10-15-4-3-5-17(8-15)31-21(22,23)24/h3-9,11-13H,10,25H2,1-2H3/b26-11?,28-18+. The van der Waals surface area contributed by atoms with Gasteiger partial charge < -0.3 is 19.9 Å². The molecule has 3 aromatic rings. The van der Waals surface area contributed by atoms with Crippen molar-refractivity contribution >= 4 is 11.9 Å². The van der Waals surface area contributed by atoms with Gasteiger partial charge in [0.15, 0.2) is 0 Å². The summed E-state index contributed by atoms with van der Waals surface area (Å²) in [5.74, 6) is 5.80. The minimum atomic E-state index is -4.75. The van der Waals surface area contributed by atoms with E-state index in [1.807, 2.05) is 29.8 Å². The van der Waals surface area contributed by atoms with E-state index in [4.69, 9.17) is 10.6 Å². The molecule has 2 aromatic carbocycles. The average Bonchev–Trinajstić information content (AvgIpc) is 3.16. The summed E-state index contributed by atoms with van der Waals surface area (Å²) in [5, 5.41) is 3.76. The highest BCUT2D eigenvalue weighted by atomic mass is 19.4. The van der Waals surface area contributed by atoms with Crippen LogP contribution in [0.5, 0.6) is 11.5 Å². The third-order valence-corrected chi connectivity index (χ3v) is 4.22. The number of rotatable bonds is 7. The quantitative estimate of drug-likeness (QED) is 0.348. The Balaban J connectivity index is 1.76. The first-order valence-corrected chi connectivity index (χ1v) is 9.11. The van der Waals surface area contributed by atoms with Gasteiger partial charge in [0.25, 0.3) is 0 Å². The summed E-state index contributed by atoms with van der Waals surface area (Å²) in [6, 6.07) is 11.0. The molecule has 0 radical (unpaired) electrons. The molecule has 0 saturated carbocycles. The van der Waals surface area contributed by atoms with Gasteiger partial charge in [0.2, 0.25) is 0 Å². The summed E-state index contributed by atoms with van der Waals surface area (Å²) in [6.07, 6.45) is 0.255. The van der Waals surface area contributed by atoms with Crippen LogP contribution in [0.2, 0.25) is 0 Å². The maximum atomic E-state index is 12.4. The number of aromatic nitrogens is 2. The molecule has 7 nitrogen and oxygen atoms in total. The zero-order valence-electron chi connectivity index (χ0n) is 16.8. The molecule has 0 bridgehead atoms. The van der Waals surface area contributed by atoms with Gasteiger partial charge in [0, 0.05) is 18.0 Å². The highest BCUT2D eigenvalue weighted by Gasteiger charge is 2.31. The molecule has 0 amide bonds. The maximum Gasteiger partial charge on any atom is 0.573 e. The van der Waals surface area contributed by atoms with Crippen molar-refractivity contribution < 1.29 is 22.6 Å². The van der Waals surface area contributed by atoms with Crippen LogP contribution in [-0.2, 0) is 6.54 Å². The normalized spacial score (nSPS) is 12.4. The number of imidazole rings is 1. The number of methoxy groups -OCH3 is 1. The zero-order chi connectivity index (χ0) is 22.4.